The van der Waals surface area contributed by atoms with Crippen molar-refractivity contribution >= 4 is 16.8 Å². The summed E-state index contributed by atoms with van der Waals surface area (Å²) in [5.41, 5.74) is 6.39. The van der Waals surface area contributed by atoms with E-state index in [1.165, 1.54) is 16.6 Å². The summed E-state index contributed by atoms with van der Waals surface area (Å²) in [6.07, 6.45) is 2.64. The molecule has 0 aliphatic carbocycles. The minimum atomic E-state index is 0.0784. The summed E-state index contributed by atoms with van der Waals surface area (Å²) in [5, 5.41) is 5.53. The van der Waals surface area contributed by atoms with Crippen molar-refractivity contribution < 1.29 is 4.79 Å². The van der Waals surface area contributed by atoms with Crippen LogP contribution in [0.3, 0.4) is 0 Å². The van der Waals surface area contributed by atoms with Gasteiger partial charge in [-0.25, -0.2) is 4.68 Å². The molecule has 1 aliphatic rings. The van der Waals surface area contributed by atoms with E-state index in [0.717, 1.165) is 29.9 Å². The molecule has 5 heteroatoms. The van der Waals surface area contributed by atoms with E-state index in [4.69, 9.17) is 0 Å². The third-order valence-electron chi connectivity index (χ3n) is 5.36. The monoisotopic (exact) mass is 356 g/mol. The van der Waals surface area contributed by atoms with Crippen molar-refractivity contribution in [2.24, 2.45) is 0 Å². The Kier molecular flexibility index (Phi) is 3.60. The number of nitrogens with one attached hydrogen (secondary N) is 1. The third kappa shape index (κ3) is 2.63. The van der Waals surface area contributed by atoms with Crippen LogP contribution in [-0.2, 0) is 13.0 Å². The van der Waals surface area contributed by atoms with Crippen molar-refractivity contribution in [1.29, 1.82) is 0 Å². The number of rotatable bonds is 2. The highest BCUT2D eigenvalue weighted by Crippen LogP contribution is 2.28. The molecule has 0 spiro atoms. The highest BCUT2D eigenvalue weighted by Gasteiger charge is 2.24. The van der Waals surface area contributed by atoms with Crippen LogP contribution in [0.25, 0.3) is 16.6 Å². The molecule has 1 amide bonds. The zero-order valence-electron chi connectivity index (χ0n) is 15.1. The smallest absolute Gasteiger partial charge is 0.254 e. The van der Waals surface area contributed by atoms with Gasteiger partial charge >= 0.3 is 0 Å². The molecule has 0 unspecified atom stereocenters. The molecule has 1 N–H and O–H groups in total. The molecule has 2 aromatic carbocycles. The lowest BCUT2D eigenvalue weighted by molar-refractivity contribution is 0.0735. The number of carbonyl (C=O) groups is 1. The van der Waals surface area contributed by atoms with Crippen LogP contribution in [0, 0.1) is 6.92 Å². The van der Waals surface area contributed by atoms with Gasteiger partial charge in [-0.2, -0.15) is 5.10 Å². The first-order valence-electron chi connectivity index (χ1n) is 9.19. The summed E-state index contributed by atoms with van der Waals surface area (Å²) >= 11 is 0. The van der Waals surface area contributed by atoms with Crippen LogP contribution in [0.1, 0.15) is 27.3 Å². The maximum atomic E-state index is 13.0. The molecule has 27 heavy (non-hydrogen) atoms. The highest BCUT2D eigenvalue weighted by atomic mass is 16.2. The molecule has 1 aliphatic heterocycles. The molecule has 3 heterocycles. The second kappa shape index (κ2) is 6.13. The minimum Gasteiger partial charge on any atom is -0.358 e. The summed E-state index contributed by atoms with van der Waals surface area (Å²) in [6.45, 7) is 3.40. The first kappa shape index (κ1) is 15.9. The lowest BCUT2D eigenvalue weighted by Gasteiger charge is -2.27. The number of aryl methyl sites for hydroxylation is 1. The van der Waals surface area contributed by atoms with Gasteiger partial charge in [0.15, 0.2) is 0 Å². The van der Waals surface area contributed by atoms with Gasteiger partial charge in [-0.1, -0.05) is 18.2 Å². The molecule has 134 valence electrons. The number of benzene rings is 2. The maximum absolute atomic E-state index is 13.0. The van der Waals surface area contributed by atoms with E-state index in [9.17, 15) is 4.79 Å². The van der Waals surface area contributed by atoms with Gasteiger partial charge in [0, 0.05) is 59.1 Å². The van der Waals surface area contributed by atoms with Gasteiger partial charge in [-0.3, -0.25) is 4.79 Å². The average molecular weight is 356 g/mol. The molecule has 2 aromatic heterocycles. The number of hydrogen-bond donors (Lipinski definition) is 1. The summed E-state index contributed by atoms with van der Waals surface area (Å²) in [5.74, 6) is 0.0784. The number of hydrogen-bond acceptors (Lipinski definition) is 2. The van der Waals surface area contributed by atoms with Crippen LogP contribution in [0.4, 0.5) is 0 Å². The third-order valence-corrected chi connectivity index (χ3v) is 5.36. The number of amides is 1. The van der Waals surface area contributed by atoms with Crippen LogP contribution in [0.15, 0.2) is 60.8 Å². The molecular formula is C22H20N4O. The van der Waals surface area contributed by atoms with Gasteiger partial charge in [0.2, 0.25) is 0 Å². The number of aromatic nitrogens is 3. The van der Waals surface area contributed by atoms with Crippen LogP contribution in [0.2, 0.25) is 0 Å². The van der Waals surface area contributed by atoms with Crippen LogP contribution < -0.4 is 0 Å². The molecule has 0 radical (unpaired) electrons. The van der Waals surface area contributed by atoms with E-state index in [1.807, 2.05) is 59.0 Å². The summed E-state index contributed by atoms with van der Waals surface area (Å²) in [6, 6.07) is 18.0. The van der Waals surface area contributed by atoms with Gasteiger partial charge in [0.25, 0.3) is 5.91 Å². The van der Waals surface area contributed by atoms with Gasteiger partial charge < -0.3 is 9.88 Å². The standard InChI is InChI=1S/C22H20N4O/c1-15-10-12-23-26(15)17-8-6-16(7-9-17)22(27)25-13-11-21-19(14-25)18-4-2-3-5-20(18)24-21/h2-10,12,24H,11,13-14H2,1H3. The Labute approximate surface area is 157 Å². The lowest BCUT2D eigenvalue weighted by atomic mass is 10.0. The van der Waals surface area contributed by atoms with Gasteiger partial charge in [0.05, 0.1) is 5.69 Å². The number of para-hydroxylation sites is 1. The first-order chi connectivity index (χ1) is 13.2. The van der Waals surface area contributed by atoms with E-state index in [-0.39, 0.29) is 5.91 Å². The number of nitrogens with zero attached hydrogens (tertiary/aromatic N) is 3. The predicted molar refractivity (Wildman–Crippen MR) is 105 cm³/mol. The Bertz CT molecular complexity index is 1140. The zero-order valence-corrected chi connectivity index (χ0v) is 15.1. The van der Waals surface area contributed by atoms with Crippen molar-refractivity contribution in [2.45, 2.75) is 19.9 Å². The van der Waals surface area contributed by atoms with Crippen molar-refractivity contribution in [2.75, 3.05) is 6.54 Å². The first-order valence-corrected chi connectivity index (χ1v) is 9.19. The van der Waals surface area contributed by atoms with Gasteiger partial charge in [-0.15, -0.1) is 0 Å². The second-order valence-corrected chi connectivity index (χ2v) is 7.04. The van der Waals surface area contributed by atoms with Crippen LogP contribution in [0.5, 0.6) is 0 Å². The molecule has 0 atom stereocenters. The topological polar surface area (TPSA) is 53.9 Å². The SMILES string of the molecule is Cc1ccnn1-c1ccc(C(=O)N2CCc3[nH]c4ccccc4c3C2)cc1. The molecule has 5 nitrogen and oxygen atoms in total. The number of fused-ring (bicyclic) bond motifs is 3. The zero-order chi connectivity index (χ0) is 18.4. The fourth-order valence-electron chi connectivity index (χ4n) is 3.91. The predicted octanol–water partition coefficient (Wildman–Crippen LogP) is 3.86. The second-order valence-electron chi connectivity index (χ2n) is 7.04. The highest BCUT2D eigenvalue weighted by molar-refractivity contribution is 5.95. The van der Waals surface area contributed by atoms with Crippen molar-refractivity contribution in [3.05, 3.63) is 83.3 Å². The van der Waals surface area contributed by atoms with E-state index in [2.05, 4.69) is 22.2 Å². The van der Waals surface area contributed by atoms with E-state index < -0.39 is 0 Å². The summed E-state index contributed by atoms with van der Waals surface area (Å²) in [7, 11) is 0. The van der Waals surface area contributed by atoms with Crippen LogP contribution in [-0.4, -0.2) is 32.1 Å². The maximum Gasteiger partial charge on any atom is 0.254 e. The molecule has 5 rings (SSSR count). The van der Waals surface area contributed by atoms with Crippen molar-refractivity contribution in [1.82, 2.24) is 19.7 Å². The minimum absolute atomic E-state index is 0.0784. The summed E-state index contributed by atoms with van der Waals surface area (Å²) < 4.78 is 1.87. The number of aromatic amines is 1. The largest absolute Gasteiger partial charge is 0.358 e. The fourth-order valence-corrected chi connectivity index (χ4v) is 3.91. The van der Waals surface area contributed by atoms with E-state index >= 15 is 0 Å². The summed E-state index contributed by atoms with van der Waals surface area (Å²) in [4.78, 5) is 18.5. The van der Waals surface area contributed by atoms with E-state index in [0.29, 0.717) is 12.1 Å². The van der Waals surface area contributed by atoms with E-state index in [1.54, 1.807) is 6.20 Å². The molecule has 4 aromatic rings. The lowest BCUT2D eigenvalue weighted by Crippen LogP contribution is -2.35. The van der Waals surface area contributed by atoms with Crippen molar-refractivity contribution in [3.8, 4) is 5.69 Å². The quantitative estimate of drug-likeness (QED) is 0.593. The fraction of sp³-hybridized carbons (Fsp3) is 0.182. The average Bonchev–Trinajstić information content (AvgIpc) is 3.30. The van der Waals surface area contributed by atoms with Gasteiger partial charge in [0.1, 0.15) is 0 Å². The Morgan fingerprint density at radius 1 is 1.07 bits per heavy atom. The van der Waals surface area contributed by atoms with Gasteiger partial charge in [-0.05, 0) is 43.3 Å². The van der Waals surface area contributed by atoms with Crippen LogP contribution >= 0.6 is 0 Å². The number of carbonyl (C=O) groups excluding carboxylic acids is 1. The Balaban J connectivity index is 1.41. The Morgan fingerprint density at radius 2 is 1.89 bits per heavy atom. The number of H-pyrrole nitrogens is 1. The molecule has 0 saturated heterocycles. The normalized spacial score (nSPS) is 13.7. The Morgan fingerprint density at radius 3 is 2.67 bits per heavy atom. The molecule has 0 bridgehead atoms. The Hall–Kier alpha value is -3.34. The molecule has 0 saturated carbocycles. The molecular weight excluding hydrogens is 336 g/mol. The molecule has 0 fully saturated rings. The van der Waals surface area contributed by atoms with Crippen molar-refractivity contribution in [3.63, 3.8) is 0 Å².